The number of carbonyl (C=O) groups is 2. The third-order valence-corrected chi connectivity index (χ3v) is 7.81. The summed E-state index contributed by atoms with van der Waals surface area (Å²) in [6.07, 6.45) is 19.4. The van der Waals surface area contributed by atoms with E-state index in [9.17, 15) is 9.59 Å². The fourth-order valence-electron chi connectivity index (χ4n) is 5.29. The molecule has 1 saturated carbocycles. The zero-order valence-corrected chi connectivity index (χ0v) is 24.4. The molecular weight excluding hydrogens is 500 g/mol. The minimum atomic E-state index is -0.441. The fourth-order valence-corrected chi connectivity index (χ4v) is 5.29. The van der Waals surface area contributed by atoms with Crippen molar-refractivity contribution in [2.24, 2.45) is 11.8 Å². The fraction of sp³-hybridized carbons (Fsp3) is 0.543. The number of hydrogen-bond acceptors (Lipinski definition) is 5. The number of hydrogen-bond donors (Lipinski definition) is 0. The average Bonchev–Trinajstić information content (AvgIpc) is 2.98. The molecular formula is C35H48O5. The first kappa shape index (κ1) is 31.4. The molecule has 0 atom stereocenters. The number of esters is 2. The second-order valence-electron chi connectivity index (χ2n) is 11.1. The Hall–Kier alpha value is -3.08. The van der Waals surface area contributed by atoms with Gasteiger partial charge < -0.3 is 14.2 Å². The molecule has 3 rings (SSSR count). The number of unbranched alkanes of at least 4 members (excludes halogenated alkanes) is 8. The smallest absolute Gasteiger partial charge is 0.343 e. The van der Waals surface area contributed by atoms with Crippen LogP contribution in [0.4, 0.5) is 0 Å². The third kappa shape index (κ3) is 11.6. The lowest BCUT2D eigenvalue weighted by Gasteiger charge is -2.27. The van der Waals surface area contributed by atoms with Crippen LogP contribution in [0.2, 0.25) is 0 Å². The molecule has 0 heterocycles. The molecule has 1 fully saturated rings. The Morgan fingerprint density at radius 3 is 2.00 bits per heavy atom. The van der Waals surface area contributed by atoms with Crippen molar-refractivity contribution >= 4 is 11.9 Å². The van der Waals surface area contributed by atoms with Crippen molar-refractivity contribution in [3.8, 4) is 17.2 Å². The van der Waals surface area contributed by atoms with Crippen molar-refractivity contribution in [2.45, 2.75) is 103 Å². The van der Waals surface area contributed by atoms with E-state index in [1.165, 1.54) is 51.4 Å². The first-order chi connectivity index (χ1) is 19.6. The van der Waals surface area contributed by atoms with Gasteiger partial charge in [-0.05, 0) is 99.4 Å². The van der Waals surface area contributed by atoms with Crippen LogP contribution in [0.15, 0.2) is 61.2 Å². The summed E-state index contributed by atoms with van der Waals surface area (Å²) in [4.78, 5) is 25.2. The predicted molar refractivity (Wildman–Crippen MR) is 161 cm³/mol. The van der Waals surface area contributed by atoms with Gasteiger partial charge in [0.25, 0.3) is 0 Å². The van der Waals surface area contributed by atoms with E-state index < -0.39 is 5.97 Å². The van der Waals surface area contributed by atoms with Gasteiger partial charge >= 0.3 is 11.9 Å². The van der Waals surface area contributed by atoms with Gasteiger partial charge in [0, 0.05) is 0 Å². The van der Waals surface area contributed by atoms with Crippen molar-refractivity contribution in [3.05, 3.63) is 66.7 Å². The molecule has 5 nitrogen and oxygen atoms in total. The Bertz CT molecular complexity index is 1000. The van der Waals surface area contributed by atoms with Gasteiger partial charge in [-0.1, -0.05) is 64.4 Å². The highest BCUT2D eigenvalue weighted by molar-refractivity contribution is 5.91. The maximum atomic E-state index is 12.6. The summed E-state index contributed by atoms with van der Waals surface area (Å²) in [6, 6.07) is 13.7. The number of allylic oxidation sites excluding steroid dienone is 1. The van der Waals surface area contributed by atoms with Crippen LogP contribution in [-0.4, -0.2) is 18.5 Å². The van der Waals surface area contributed by atoms with Gasteiger partial charge in [-0.25, -0.2) is 4.79 Å². The summed E-state index contributed by atoms with van der Waals surface area (Å²) < 4.78 is 16.9. The summed E-state index contributed by atoms with van der Waals surface area (Å²) in [5, 5.41) is 0. The minimum absolute atomic E-state index is 0.0238. The van der Waals surface area contributed by atoms with Crippen LogP contribution in [0.3, 0.4) is 0 Å². The van der Waals surface area contributed by atoms with Gasteiger partial charge in [0.2, 0.25) is 0 Å². The standard InChI is InChI=1S/C35H48O5/c1-3-5-7-8-9-10-11-13-27-38-31-21-19-30(20-22-31)35(37)40-33-25-23-32(24-26-33)39-34(36)29-17-15-28(16-18-29)14-12-6-4-2/h3,19-26,28-29H,1,4-18,27H2,2H3/t28-,29-. The van der Waals surface area contributed by atoms with Gasteiger partial charge in [0.15, 0.2) is 0 Å². The molecule has 40 heavy (non-hydrogen) atoms. The number of carbonyl (C=O) groups excluding carboxylic acids is 2. The molecule has 5 heteroatoms. The highest BCUT2D eigenvalue weighted by Gasteiger charge is 2.27. The molecule has 0 unspecified atom stereocenters. The number of benzene rings is 2. The topological polar surface area (TPSA) is 61.8 Å². The largest absolute Gasteiger partial charge is 0.494 e. The predicted octanol–water partition coefficient (Wildman–Crippen LogP) is 9.49. The zero-order chi connectivity index (χ0) is 28.4. The molecule has 2 aromatic carbocycles. The van der Waals surface area contributed by atoms with Crippen molar-refractivity contribution in [2.75, 3.05) is 6.61 Å². The van der Waals surface area contributed by atoms with Crippen LogP contribution in [0.25, 0.3) is 0 Å². The van der Waals surface area contributed by atoms with Gasteiger partial charge in [0.1, 0.15) is 17.2 Å². The van der Waals surface area contributed by atoms with E-state index in [4.69, 9.17) is 14.2 Å². The Morgan fingerprint density at radius 2 is 1.35 bits per heavy atom. The highest BCUT2D eigenvalue weighted by atomic mass is 16.5. The van der Waals surface area contributed by atoms with Gasteiger partial charge in [0.05, 0.1) is 18.1 Å². The Labute approximate surface area is 241 Å². The number of ether oxygens (including phenoxy) is 3. The van der Waals surface area contributed by atoms with E-state index in [1.54, 1.807) is 48.5 Å². The van der Waals surface area contributed by atoms with Crippen LogP contribution < -0.4 is 14.2 Å². The molecule has 1 aliphatic carbocycles. The Balaban J connectivity index is 1.33. The molecule has 0 bridgehead atoms. The zero-order valence-electron chi connectivity index (χ0n) is 24.4. The SMILES string of the molecule is C=CCCCCCCCCOc1ccc(C(=O)Oc2ccc(OC(=O)[C@H]3CC[C@H](CCCCC)CC3)cc2)cc1. The second kappa shape index (κ2) is 18.3. The van der Waals surface area contributed by atoms with Crippen LogP contribution in [-0.2, 0) is 4.79 Å². The maximum Gasteiger partial charge on any atom is 0.343 e. The summed E-state index contributed by atoms with van der Waals surface area (Å²) in [6.45, 7) is 6.66. The second-order valence-corrected chi connectivity index (χ2v) is 11.1. The summed E-state index contributed by atoms with van der Waals surface area (Å²) in [5.41, 5.74) is 0.452. The Morgan fingerprint density at radius 1 is 0.750 bits per heavy atom. The highest BCUT2D eigenvalue weighted by Crippen LogP contribution is 2.33. The molecule has 0 amide bonds. The van der Waals surface area contributed by atoms with Crippen molar-refractivity contribution in [1.29, 1.82) is 0 Å². The van der Waals surface area contributed by atoms with Crippen molar-refractivity contribution < 1.29 is 23.8 Å². The molecule has 0 saturated heterocycles. The lowest BCUT2D eigenvalue weighted by Crippen LogP contribution is -2.25. The summed E-state index contributed by atoms with van der Waals surface area (Å²) in [5.74, 6) is 1.77. The molecule has 0 aromatic heterocycles. The van der Waals surface area contributed by atoms with E-state index in [2.05, 4.69) is 13.5 Å². The monoisotopic (exact) mass is 548 g/mol. The number of rotatable bonds is 18. The summed E-state index contributed by atoms with van der Waals surface area (Å²) >= 11 is 0. The molecule has 0 spiro atoms. The van der Waals surface area contributed by atoms with Crippen molar-refractivity contribution in [3.63, 3.8) is 0 Å². The molecule has 0 radical (unpaired) electrons. The van der Waals surface area contributed by atoms with E-state index >= 15 is 0 Å². The first-order valence-electron chi connectivity index (χ1n) is 15.5. The van der Waals surface area contributed by atoms with Crippen LogP contribution in [0.5, 0.6) is 17.2 Å². The normalized spacial score (nSPS) is 16.7. The lowest BCUT2D eigenvalue weighted by atomic mass is 9.80. The average molecular weight is 549 g/mol. The Kier molecular flexibility index (Phi) is 14.4. The van der Waals surface area contributed by atoms with Crippen LogP contribution >= 0.6 is 0 Å². The van der Waals surface area contributed by atoms with Crippen LogP contribution in [0, 0.1) is 11.8 Å². The summed E-state index contributed by atoms with van der Waals surface area (Å²) in [7, 11) is 0. The molecule has 0 aliphatic heterocycles. The van der Waals surface area contributed by atoms with E-state index in [0.717, 1.165) is 56.6 Å². The lowest BCUT2D eigenvalue weighted by molar-refractivity contribution is -0.140. The van der Waals surface area contributed by atoms with Gasteiger partial charge in [-0.3, -0.25) is 4.79 Å². The van der Waals surface area contributed by atoms with E-state index in [-0.39, 0.29) is 11.9 Å². The van der Waals surface area contributed by atoms with Crippen molar-refractivity contribution in [1.82, 2.24) is 0 Å². The van der Waals surface area contributed by atoms with Gasteiger partial charge in [-0.15, -0.1) is 6.58 Å². The third-order valence-electron chi connectivity index (χ3n) is 7.81. The van der Waals surface area contributed by atoms with E-state index in [0.29, 0.717) is 23.7 Å². The maximum absolute atomic E-state index is 12.6. The van der Waals surface area contributed by atoms with Crippen LogP contribution in [0.1, 0.15) is 114 Å². The molecule has 2 aromatic rings. The minimum Gasteiger partial charge on any atom is -0.494 e. The molecule has 0 N–H and O–H groups in total. The molecule has 1 aliphatic rings. The molecule has 218 valence electrons. The van der Waals surface area contributed by atoms with Gasteiger partial charge in [-0.2, -0.15) is 0 Å². The van der Waals surface area contributed by atoms with E-state index in [1.807, 2.05) is 6.08 Å². The quantitative estimate of drug-likeness (QED) is 0.0803. The first-order valence-corrected chi connectivity index (χ1v) is 15.5.